The summed E-state index contributed by atoms with van der Waals surface area (Å²) in [6, 6.07) is 5.89. The first-order valence-electron chi connectivity index (χ1n) is 5.73. The number of nitrogens with one attached hydrogen (secondary N) is 1. The normalized spacial score (nSPS) is 20.6. The number of imidazole rings is 1. The van der Waals surface area contributed by atoms with Crippen LogP contribution in [0, 0.1) is 0 Å². The molecule has 1 N–H and O–H groups in total. The minimum Gasteiger partial charge on any atom is -0.482 e. The molecule has 17 heavy (non-hydrogen) atoms. The van der Waals surface area contributed by atoms with Gasteiger partial charge in [-0.05, 0) is 12.1 Å². The third kappa shape index (κ3) is 1.77. The highest BCUT2D eigenvalue weighted by Crippen LogP contribution is 2.23. The maximum atomic E-state index is 5.73. The molecule has 3 heterocycles. The van der Waals surface area contributed by atoms with E-state index < -0.39 is 0 Å². The summed E-state index contributed by atoms with van der Waals surface area (Å²) in [5, 5.41) is 3.31. The summed E-state index contributed by atoms with van der Waals surface area (Å²) in [6.45, 7) is 2.41. The first-order chi connectivity index (χ1) is 8.40. The highest BCUT2D eigenvalue weighted by molar-refractivity contribution is 5.49. The van der Waals surface area contributed by atoms with E-state index in [9.17, 15) is 0 Å². The molecule has 3 rings (SSSR count). The van der Waals surface area contributed by atoms with Gasteiger partial charge >= 0.3 is 0 Å². The van der Waals surface area contributed by atoms with Crippen molar-refractivity contribution in [2.75, 3.05) is 26.8 Å². The van der Waals surface area contributed by atoms with Gasteiger partial charge in [-0.15, -0.1) is 0 Å². The first-order valence-corrected chi connectivity index (χ1v) is 5.73. The maximum Gasteiger partial charge on any atom is 0.199 e. The number of pyridine rings is 1. The first kappa shape index (κ1) is 10.6. The van der Waals surface area contributed by atoms with E-state index in [1.807, 2.05) is 28.8 Å². The van der Waals surface area contributed by atoms with Gasteiger partial charge in [0.15, 0.2) is 5.88 Å². The number of fused-ring (bicyclic) bond motifs is 1. The van der Waals surface area contributed by atoms with Gasteiger partial charge < -0.3 is 14.8 Å². The average Bonchev–Trinajstić information content (AvgIpc) is 2.83. The monoisotopic (exact) mass is 233 g/mol. The van der Waals surface area contributed by atoms with Crippen molar-refractivity contribution in [1.82, 2.24) is 14.7 Å². The molecule has 1 fully saturated rings. The molecule has 1 aliphatic heterocycles. The summed E-state index contributed by atoms with van der Waals surface area (Å²) >= 11 is 0. The molecule has 0 amide bonds. The van der Waals surface area contributed by atoms with Gasteiger partial charge in [-0.3, -0.25) is 4.40 Å². The predicted molar refractivity (Wildman–Crippen MR) is 63.3 cm³/mol. The van der Waals surface area contributed by atoms with Crippen LogP contribution in [0.2, 0.25) is 0 Å². The van der Waals surface area contributed by atoms with Crippen molar-refractivity contribution in [2.45, 2.75) is 6.10 Å². The highest BCUT2D eigenvalue weighted by atomic mass is 16.5. The van der Waals surface area contributed by atoms with E-state index in [-0.39, 0.29) is 6.10 Å². The Morgan fingerprint density at radius 3 is 3.24 bits per heavy atom. The van der Waals surface area contributed by atoms with Crippen molar-refractivity contribution in [3.8, 4) is 5.88 Å². The Morgan fingerprint density at radius 1 is 1.53 bits per heavy atom. The Balaban J connectivity index is 2.09. The van der Waals surface area contributed by atoms with Crippen molar-refractivity contribution in [3.05, 3.63) is 30.2 Å². The summed E-state index contributed by atoms with van der Waals surface area (Å²) in [5.41, 5.74) is 1.02. The van der Waals surface area contributed by atoms with E-state index in [1.165, 1.54) is 0 Å². The molecule has 5 heteroatoms. The van der Waals surface area contributed by atoms with Crippen LogP contribution in [0.3, 0.4) is 0 Å². The van der Waals surface area contributed by atoms with Gasteiger partial charge in [-0.1, -0.05) is 6.07 Å². The summed E-state index contributed by atoms with van der Waals surface area (Å²) in [7, 11) is 1.67. The zero-order chi connectivity index (χ0) is 11.7. The topological polar surface area (TPSA) is 47.8 Å². The van der Waals surface area contributed by atoms with Gasteiger partial charge in [0.05, 0.1) is 25.4 Å². The van der Waals surface area contributed by atoms with E-state index in [0.717, 1.165) is 30.3 Å². The smallest absolute Gasteiger partial charge is 0.199 e. The van der Waals surface area contributed by atoms with Crippen molar-refractivity contribution < 1.29 is 9.47 Å². The highest BCUT2D eigenvalue weighted by Gasteiger charge is 2.21. The fraction of sp³-hybridized carbons (Fsp3) is 0.417. The quantitative estimate of drug-likeness (QED) is 0.840. The molecule has 5 nitrogen and oxygen atoms in total. The lowest BCUT2D eigenvalue weighted by Gasteiger charge is -2.23. The molecule has 1 aliphatic rings. The van der Waals surface area contributed by atoms with Crippen molar-refractivity contribution in [1.29, 1.82) is 0 Å². The number of methoxy groups -OCH3 is 1. The largest absolute Gasteiger partial charge is 0.482 e. The molecule has 0 aromatic carbocycles. The lowest BCUT2D eigenvalue weighted by atomic mass is 10.3. The molecular weight excluding hydrogens is 218 g/mol. The molecule has 2 aromatic rings. The van der Waals surface area contributed by atoms with Crippen LogP contribution in [0.4, 0.5) is 0 Å². The fourth-order valence-electron chi connectivity index (χ4n) is 2.16. The van der Waals surface area contributed by atoms with Crippen LogP contribution in [-0.2, 0) is 4.74 Å². The minimum absolute atomic E-state index is 0.0115. The Bertz CT molecular complexity index is 517. The molecule has 0 aliphatic carbocycles. The Labute approximate surface area is 99.4 Å². The van der Waals surface area contributed by atoms with Gasteiger partial charge in [-0.25, -0.2) is 4.98 Å². The molecule has 0 spiro atoms. The molecule has 1 atom stereocenters. The summed E-state index contributed by atoms with van der Waals surface area (Å²) in [5.74, 6) is 1.67. The number of nitrogens with zero attached hydrogens (tertiary/aromatic N) is 2. The van der Waals surface area contributed by atoms with E-state index >= 15 is 0 Å². The molecular formula is C12H15N3O2. The molecule has 0 saturated carbocycles. The standard InChI is InChI=1S/C12H15N3O2/c1-16-11-4-2-3-9-7-14-12(15(9)11)10-8-13-5-6-17-10/h2-4,7,10,13H,5-6,8H2,1H3. The zero-order valence-electron chi connectivity index (χ0n) is 9.72. The number of hydrogen-bond acceptors (Lipinski definition) is 4. The van der Waals surface area contributed by atoms with Crippen LogP contribution in [-0.4, -0.2) is 36.2 Å². The van der Waals surface area contributed by atoms with Gasteiger partial charge in [0.2, 0.25) is 0 Å². The molecule has 90 valence electrons. The van der Waals surface area contributed by atoms with Crippen LogP contribution >= 0.6 is 0 Å². The lowest BCUT2D eigenvalue weighted by molar-refractivity contribution is 0.0215. The second kappa shape index (κ2) is 4.35. The van der Waals surface area contributed by atoms with Crippen molar-refractivity contribution >= 4 is 5.52 Å². The molecule has 0 bridgehead atoms. The van der Waals surface area contributed by atoms with E-state index in [2.05, 4.69) is 10.3 Å². The SMILES string of the molecule is COc1cccc2cnc(C3CNCCO3)n12. The molecule has 1 unspecified atom stereocenters. The minimum atomic E-state index is -0.0115. The predicted octanol–water partition coefficient (Wildman–Crippen LogP) is 1.00. The van der Waals surface area contributed by atoms with Crippen molar-refractivity contribution in [2.24, 2.45) is 0 Å². The molecule has 1 saturated heterocycles. The van der Waals surface area contributed by atoms with E-state index in [0.29, 0.717) is 6.61 Å². The van der Waals surface area contributed by atoms with E-state index in [4.69, 9.17) is 9.47 Å². The number of morpholine rings is 1. The van der Waals surface area contributed by atoms with Crippen LogP contribution in [0.5, 0.6) is 5.88 Å². The fourth-order valence-corrected chi connectivity index (χ4v) is 2.16. The van der Waals surface area contributed by atoms with Crippen LogP contribution < -0.4 is 10.1 Å². The third-order valence-electron chi connectivity index (χ3n) is 2.97. The lowest BCUT2D eigenvalue weighted by Crippen LogP contribution is -2.34. The summed E-state index contributed by atoms with van der Waals surface area (Å²) in [6.07, 6.45) is 1.83. The van der Waals surface area contributed by atoms with E-state index in [1.54, 1.807) is 7.11 Å². The molecule has 0 radical (unpaired) electrons. The Kier molecular flexibility index (Phi) is 2.70. The third-order valence-corrected chi connectivity index (χ3v) is 2.97. The van der Waals surface area contributed by atoms with Gasteiger partial charge in [-0.2, -0.15) is 0 Å². The molecule has 2 aromatic heterocycles. The number of aromatic nitrogens is 2. The second-order valence-corrected chi connectivity index (χ2v) is 4.01. The Hall–Kier alpha value is -1.59. The second-order valence-electron chi connectivity index (χ2n) is 4.01. The number of ether oxygens (including phenoxy) is 2. The van der Waals surface area contributed by atoms with Crippen LogP contribution in [0.25, 0.3) is 5.52 Å². The summed E-state index contributed by atoms with van der Waals surface area (Å²) < 4.78 is 13.1. The Morgan fingerprint density at radius 2 is 2.47 bits per heavy atom. The van der Waals surface area contributed by atoms with Gasteiger partial charge in [0.25, 0.3) is 0 Å². The van der Waals surface area contributed by atoms with Crippen molar-refractivity contribution in [3.63, 3.8) is 0 Å². The number of hydrogen-bond donors (Lipinski definition) is 1. The van der Waals surface area contributed by atoms with Crippen LogP contribution in [0.15, 0.2) is 24.4 Å². The summed E-state index contributed by atoms with van der Waals surface area (Å²) in [4.78, 5) is 4.45. The average molecular weight is 233 g/mol. The maximum absolute atomic E-state index is 5.73. The van der Waals surface area contributed by atoms with Crippen LogP contribution in [0.1, 0.15) is 11.9 Å². The van der Waals surface area contributed by atoms with Gasteiger partial charge in [0.1, 0.15) is 11.9 Å². The number of rotatable bonds is 2. The van der Waals surface area contributed by atoms with Gasteiger partial charge in [0, 0.05) is 13.1 Å². The zero-order valence-corrected chi connectivity index (χ0v) is 9.72.